The number of nitrogens with one attached hydrogen (secondary N) is 1. The van der Waals surface area contributed by atoms with Gasteiger partial charge in [0.1, 0.15) is 0 Å². The summed E-state index contributed by atoms with van der Waals surface area (Å²) >= 11 is 1.69. The van der Waals surface area contributed by atoms with Crippen LogP contribution in [0.3, 0.4) is 0 Å². The second kappa shape index (κ2) is 8.48. The summed E-state index contributed by atoms with van der Waals surface area (Å²) in [6.07, 6.45) is 2.03. The number of thioether (sulfide) groups is 1. The number of likely N-dealkylation sites (N-methyl/N-ethyl adjacent to an activating group) is 1. The van der Waals surface area contributed by atoms with Gasteiger partial charge in [0.05, 0.1) is 11.4 Å². The van der Waals surface area contributed by atoms with Crippen LogP contribution >= 0.6 is 11.8 Å². The Bertz CT molecular complexity index is 819. The van der Waals surface area contributed by atoms with Gasteiger partial charge in [-0.2, -0.15) is 0 Å². The Balaban J connectivity index is 1.88. The highest BCUT2D eigenvalue weighted by Crippen LogP contribution is 2.16. The summed E-state index contributed by atoms with van der Waals surface area (Å²) in [5.74, 6) is -0.174. The fourth-order valence-electron chi connectivity index (χ4n) is 2.27. The maximum Gasteiger partial charge on any atom is 0.238 e. The quantitative estimate of drug-likeness (QED) is 0.719. The number of sulfonamides is 1. The molecule has 0 saturated heterocycles. The van der Waals surface area contributed by atoms with Crippen molar-refractivity contribution >= 4 is 33.4 Å². The molecule has 0 heterocycles. The largest absolute Gasteiger partial charge is 0.325 e. The highest BCUT2D eigenvalue weighted by molar-refractivity contribution is 7.98. The van der Waals surface area contributed by atoms with E-state index in [0.29, 0.717) is 12.2 Å². The number of nitrogens with zero attached hydrogens (tertiary/aromatic N) is 1. The minimum Gasteiger partial charge on any atom is -0.325 e. The minimum atomic E-state index is -3.73. The minimum absolute atomic E-state index is 0.0105. The number of nitrogens with two attached hydrogens (primary N) is 1. The first-order valence-electron chi connectivity index (χ1n) is 7.52. The third-order valence-corrected chi connectivity index (χ3v) is 5.16. The van der Waals surface area contributed by atoms with Crippen LogP contribution in [0.5, 0.6) is 0 Å². The molecule has 0 spiro atoms. The van der Waals surface area contributed by atoms with Crippen LogP contribution in [0, 0.1) is 0 Å². The number of benzene rings is 2. The molecule has 1 amide bonds. The molecule has 0 unspecified atom stereocenters. The molecule has 2 aromatic carbocycles. The predicted molar refractivity (Wildman–Crippen MR) is 101 cm³/mol. The molecule has 6 nitrogen and oxygen atoms in total. The van der Waals surface area contributed by atoms with Crippen LogP contribution in [0.25, 0.3) is 0 Å². The maximum absolute atomic E-state index is 12.1. The van der Waals surface area contributed by atoms with Crippen LogP contribution in [0.1, 0.15) is 5.56 Å². The average Bonchev–Trinajstić information content (AvgIpc) is 2.55. The lowest BCUT2D eigenvalue weighted by atomic mass is 10.2. The zero-order valence-corrected chi connectivity index (χ0v) is 15.7. The van der Waals surface area contributed by atoms with E-state index in [1.54, 1.807) is 11.8 Å². The number of carbonyl (C=O) groups excluding carboxylic acids is 1. The Labute approximate surface area is 152 Å². The molecule has 2 aromatic rings. The van der Waals surface area contributed by atoms with Gasteiger partial charge in [0.2, 0.25) is 15.9 Å². The summed E-state index contributed by atoms with van der Waals surface area (Å²) in [6.45, 7) is 0.883. The lowest BCUT2D eigenvalue weighted by Crippen LogP contribution is -2.29. The summed E-state index contributed by atoms with van der Waals surface area (Å²) in [7, 11) is -1.86. The topological polar surface area (TPSA) is 92.5 Å². The molecule has 2 rings (SSSR count). The summed E-state index contributed by atoms with van der Waals surface area (Å²) in [6, 6.07) is 14.0. The molecule has 134 valence electrons. The van der Waals surface area contributed by atoms with E-state index in [2.05, 4.69) is 17.4 Å². The molecule has 25 heavy (non-hydrogen) atoms. The van der Waals surface area contributed by atoms with Crippen molar-refractivity contribution < 1.29 is 13.2 Å². The highest BCUT2D eigenvalue weighted by atomic mass is 32.2. The lowest BCUT2D eigenvalue weighted by molar-refractivity contribution is -0.117. The van der Waals surface area contributed by atoms with Crippen molar-refractivity contribution in [1.82, 2.24) is 4.90 Å². The Morgan fingerprint density at radius 3 is 2.24 bits per heavy atom. The van der Waals surface area contributed by atoms with E-state index < -0.39 is 10.0 Å². The van der Waals surface area contributed by atoms with Gasteiger partial charge in [-0.3, -0.25) is 9.69 Å². The van der Waals surface area contributed by atoms with Crippen LogP contribution in [-0.2, 0) is 21.4 Å². The number of anilines is 1. The third-order valence-electron chi connectivity index (χ3n) is 3.49. The van der Waals surface area contributed by atoms with Crippen molar-refractivity contribution in [1.29, 1.82) is 0 Å². The number of primary sulfonamides is 1. The van der Waals surface area contributed by atoms with E-state index in [9.17, 15) is 13.2 Å². The molecular formula is C17H21N3O3S2. The zero-order chi connectivity index (χ0) is 18.4. The van der Waals surface area contributed by atoms with Gasteiger partial charge in [0, 0.05) is 17.1 Å². The number of amides is 1. The number of hydrogen-bond acceptors (Lipinski definition) is 5. The first-order chi connectivity index (χ1) is 11.8. The van der Waals surface area contributed by atoms with Gasteiger partial charge >= 0.3 is 0 Å². The number of rotatable bonds is 7. The summed E-state index contributed by atoms with van der Waals surface area (Å²) < 4.78 is 22.4. The van der Waals surface area contributed by atoms with E-state index in [0.717, 1.165) is 5.56 Å². The van der Waals surface area contributed by atoms with Crippen molar-refractivity contribution in [2.24, 2.45) is 5.14 Å². The van der Waals surface area contributed by atoms with E-state index in [-0.39, 0.29) is 17.3 Å². The van der Waals surface area contributed by atoms with Gasteiger partial charge in [0.25, 0.3) is 0 Å². The SMILES string of the molecule is CSc1ccc(CN(C)CC(=O)Nc2ccc(S(N)(=O)=O)cc2)cc1. The fraction of sp³-hybridized carbons (Fsp3) is 0.235. The fourth-order valence-corrected chi connectivity index (χ4v) is 3.20. The van der Waals surface area contributed by atoms with Crippen molar-refractivity contribution in [2.45, 2.75) is 16.3 Å². The van der Waals surface area contributed by atoms with Crippen molar-refractivity contribution in [3.63, 3.8) is 0 Å². The zero-order valence-electron chi connectivity index (χ0n) is 14.1. The van der Waals surface area contributed by atoms with Gasteiger partial charge in [-0.05, 0) is 55.3 Å². The summed E-state index contributed by atoms with van der Waals surface area (Å²) in [4.78, 5) is 15.2. The first-order valence-corrected chi connectivity index (χ1v) is 10.3. The van der Waals surface area contributed by atoms with Crippen molar-refractivity contribution in [3.8, 4) is 0 Å². The van der Waals surface area contributed by atoms with E-state index in [1.807, 2.05) is 30.3 Å². The number of carbonyl (C=O) groups is 1. The Morgan fingerprint density at radius 1 is 1.12 bits per heavy atom. The normalized spacial score (nSPS) is 11.5. The van der Waals surface area contributed by atoms with Crippen LogP contribution in [-0.4, -0.2) is 39.1 Å². The Morgan fingerprint density at radius 2 is 1.72 bits per heavy atom. The van der Waals surface area contributed by atoms with Gasteiger partial charge in [0.15, 0.2) is 0 Å². The number of hydrogen-bond donors (Lipinski definition) is 2. The van der Waals surface area contributed by atoms with Gasteiger partial charge in [-0.15, -0.1) is 11.8 Å². The third kappa shape index (κ3) is 6.17. The molecule has 0 saturated carbocycles. The van der Waals surface area contributed by atoms with Crippen LogP contribution in [0.2, 0.25) is 0 Å². The molecule has 0 aromatic heterocycles. The van der Waals surface area contributed by atoms with Crippen molar-refractivity contribution in [3.05, 3.63) is 54.1 Å². The molecular weight excluding hydrogens is 358 g/mol. The molecule has 0 bridgehead atoms. The molecule has 8 heteroatoms. The highest BCUT2D eigenvalue weighted by Gasteiger charge is 2.10. The van der Waals surface area contributed by atoms with Gasteiger partial charge in [-0.1, -0.05) is 12.1 Å². The van der Waals surface area contributed by atoms with Crippen LogP contribution < -0.4 is 10.5 Å². The molecule has 0 aliphatic heterocycles. The van der Waals surface area contributed by atoms with Gasteiger partial charge < -0.3 is 5.32 Å². The molecule has 0 aliphatic rings. The lowest BCUT2D eigenvalue weighted by Gasteiger charge is -2.16. The second-order valence-corrected chi connectivity index (χ2v) is 8.08. The van der Waals surface area contributed by atoms with E-state index in [1.165, 1.54) is 29.2 Å². The van der Waals surface area contributed by atoms with E-state index >= 15 is 0 Å². The maximum atomic E-state index is 12.1. The summed E-state index contributed by atoms with van der Waals surface area (Å²) in [5, 5.41) is 7.78. The molecule has 0 atom stereocenters. The van der Waals surface area contributed by atoms with Gasteiger partial charge in [-0.25, -0.2) is 13.6 Å². The van der Waals surface area contributed by atoms with Crippen molar-refractivity contribution in [2.75, 3.05) is 25.2 Å². The predicted octanol–water partition coefficient (Wildman–Crippen LogP) is 2.13. The molecule has 0 fully saturated rings. The standard InChI is InChI=1S/C17H21N3O3S2/c1-20(11-13-3-7-15(24-2)8-4-13)12-17(21)19-14-5-9-16(10-6-14)25(18,22)23/h3-10H,11-12H2,1-2H3,(H,19,21)(H2,18,22,23). The Hall–Kier alpha value is -1.87. The molecule has 0 radical (unpaired) electrons. The van der Waals surface area contributed by atoms with Crippen LogP contribution in [0.4, 0.5) is 5.69 Å². The molecule has 3 N–H and O–H groups in total. The average molecular weight is 380 g/mol. The van der Waals surface area contributed by atoms with E-state index in [4.69, 9.17) is 5.14 Å². The monoisotopic (exact) mass is 379 g/mol. The second-order valence-electron chi connectivity index (χ2n) is 5.64. The summed E-state index contributed by atoms with van der Waals surface area (Å²) in [5.41, 5.74) is 1.65. The smallest absolute Gasteiger partial charge is 0.238 e. The van der Waals surface area contributed by atoms with Crippen LogP contribution in [0.15, 0.2) is 58.3 Å². The first kappa shape index (κ1) is 19.5. The molecule has 0 aliphatic carbocycles. The Kier molecular flexibility index (Phi) is 6.60.